The van der Waals surface area contributed by atoms with Gasteiger partial charge in [-0.05, 0) is 50.0 Å². The second kappa shape index (κ2) is 5.51. The number of primary sulfonamides is 1. The Bertz CT molecular complexity index is 607. The number of primary amides is 1. The van der Waals surface area contributed by atoms with Crippen LogP contribution in [0.25, 0.3) is 0 Å². The van der Waals surface area contributed by atoms with E-state index in [-0.39, 0.29) is 10.8 Å². The monoisotopic (exact) mass is 297 g/mol. The number of nitrogens with two attached hydrogens (primary N) is 2. The first-order valence-corrected chi connectivity index (χ1v) is 8.00. The number of nitrogens with one attached hydrogen (secondary N) is 1. The number of rotatable bonds is 4. The third kappa shape index (κ3) is 3.17. The van der Waals surface area contributed by atoms with Crippen molar-refractivity contribution in [2.75, 3.05) is 13.1 Å². The van der Waals surface area contributed by atoms with Crippen molar-refractivity contribution in [1.82, 2.24) is 5.32 Å². The van der Waals surface area contributed by atoms with Crippen LogP contribution in [0.1, 0.15) is 18.4 Å². The molecular weight excluding hydrogens is 278 g/mol. The summed E-state index contributed by atoms with van der Waals surface area (Å²) in [6, 6.07) is 6.38. The zero-order chi connectivity index (χ0) is 14.8. The zero-order valence-electron chi connectivity index (χ0n) is 11.1. The maximum atomic E-state index is 11.8. The maximum Gasteiger partial charge on any atom is 0.238 e. The van der Waals surface area contributed by atoms with Gasteiger partial charge in [0.05, 0.1) is 10.3 Å². The highest BCUT2D eigenvalue weighted by molar-refractivity contribution is 7.89. The third-order valence-electron chi connectivity index (χ3n) is 3.85. The molecule has 0 aliphatic carbocycles. The van der Waals surface area contributed by atoms with E-state index in [1.165, 1.54) is 12.1 Å². The molecule has 0 radical (unpaired) electrons. The first kappa shape index (κ1) is 15.0. The number of carbonyl (C=O) groups is 1. The van der Waals surface area contributed by atoms with Crippen LogP contribution in [0.15, 0.2) is 29.2 Å². The van der Waals surface area contributed by atoms with Gasteiger partial charge in [0.25, 0.3) is 0 Å². The van der Waals surface area contributed by atoms with Crippen LogP contribution in [0.5, 0.6) is 0 Å². The molecule has 1 aromatic rings. The number of amides is 1. The third-order valence-corrected chi connectivity index (χ3v) is 4.76. The van der Waals surface area contributed by atoms with Crippen molar-refractivity contribution >= 4 is 15.9 Å². The first-order chi connectivity index (χ1) is 9.33. The number of sulfonamides is 1. The second-order valence-electron chi connectivity index (χ2n) is 5.26. The lowest BCUT2D eigenvalue weighted by Crippen LogP contribution is -2.46. The molecule has 110 valence electrons. The number of carbonyl (C=O) groups excluding carboxylic acids is 1. The van der Waals surface area contributed by atoms with Crippen LogP contribution in [0.2, 0.25) is 0 Å². The maximum absolute atomic E-state index is 11.8. The lowest BCUT2D eigenvalue weighted by Gasteiger charge is -2.34. The molecule has 1 saturated heterocycles. The summed E-state index contributed by atoms with van der Waals surface area (Å²) in [4.78, 5) is 11.9. The minimum Gasteiger partial charge on any atom is -0.369 e. The zero-order valence-corrected chi connectivity index (χ0v) is 11.9. The average Bonchev–Trinajstić information content (AvgIpc) is 2.39. The van der Waals surface area contributed by atoms with Crippen molar-refractivity contribution in [3.8, 4) is 0 Å². The molecule has 0 bridgehead atoms. The highest BCUT2D eigenvalue weighted by atomic mass is 32.2. The van der Waals surface area contributed by atoms with Crippen molar-refractivity contribution < 1.29 is 13.2 Å². The number of hydrogen-bond donors (Lipinski definition) is 3. The van der Waals surface area contributed by atoms with Gasteiger partial charge in [-0.25, -0.2) is 13.6 Å². The Morgan fingerprint density at radius 2 is 1.95 bits per heavy atom. The van der Waals surface area contributed by atoms with Crippen molar-refractivity contribution in [1.29, 1.82) is 0 Å². The summed E-state index contributed by atoms with van der Waals surface area (Å²) in [6.45, 7) is 1.47. The van der Waals surface area contributed by atoms with Crippen LogP contribution in [-0.2, 0) is 21.2 Å². The molecule has 0 unspecified atom stereocenters. The van der Waals surface area contributed by atoms with Crippen LogP contribution in [-0.4, -0.2) is 27.4 Å². The smallest absolute Gasteiger partial charge is 0.238 e. The van der Waals surface area contributed by atoms with E-state index < -0.39 is 15.4 Å². The SMILES string of the molecule is NC(=O)C1(Cc2cccc(S(N)(=O)=O)c2)CCNCC1. The van der Waals surface area contributed by atoms with Gasteiger partial charge in [-0.3, -0.25) is 4.79 Å². The molecule has 1 aromatic carbocycles. The van der Waals surface area contributed by atoms with Crippen molar-refractivity contribution in [3.05, 3.63) is 29.8 Å². The summed E-state index contributed by atoms with van der Waals surface area (Å²) in [5, 5.41) is 8.31. The van der Waals surface area contributed by atoms with E-state index in [0.29, 0.717) is 19.3 Å². The minimum absolute atomic E-state index is 0.0588. The van der Waals surface area contributed by atoms with Gasteiger partial charge in [0.15, 0.2) is 0 Å². The van der Waals surface area contributed by atoms with Gasteiger partial charge >= 0.3 is 0 Å². The fourth-order valence-corrected chi connectivity index (χ4v) is 3.22. The molecule has 1 aliphatic rings. The van der Waals surface area contributed by atoms with Crippen LogP contribution in [0.4, 0.5) is 0 Å². The quantitative estimate of drug-likeness (QED) is 0.709. The van der Waals surface area contributed by atoms with Crippen molar-refractivity contribution in [2.45, 2.75) is 24.2 Å². The van der Waals surface area contributed by atoms with E-state index in [2.05, 4.69) is 5.32 Å². The molecule has 0 aromatic heterocycles. The topological polar surface area (TPSA) is 115 Å². The van der Waals surface area contributed by atoms with E-state index in [1.54, 1.807) is 12.1 Å². The van der Waals surface area contributed by atoms with E-state index in [4.69, 9.17) is 10.9 Å². The normalized spacial score (nSPS) is 18.6. The number of hydrogen-bond acceptors (Lipinski definition) is 4. The molecule has 5 N–H and O–H groups in total. The minimum atomic E-state index is -3.73. The Balaban J connectivity index is 2.30. The molecule has 0 atom stereocenters. The molecule has 1 heterocycles. The summed E-state index contributed by atoms with van der Waals surface area (Å²) >= 11 is 0. The molecule has 2 rings (SSSR count). The summed E-state index contributed by atoms with van der Waals surface area (Å²) in [7, 11) is -3.73. The Kier molecular flexibility index (Phi) is 4.12. The summed E-state index contributed by atoms with van der Waals surface area (Å²) in [5.41, 5.74) is 5.72. The van der Waals surface area contributed by atoms with Gasteiger partial charge in [-0.1, -0.05) is 12.1 Å². The molecule has 6 nitrogen and oxygen atoms in total. The van der Waals surface area contributed by atoms with E-state index >= 15 is 0 Å². The predicted molar refractivity (Wildman–Crippen MR) is 75.3 cm³/mol. The standard InChI is InChI=1S/C13H19N3O3S/c14-12(17)13(4-6-16-7-5-13)9-10-2-1-3-11(8-10)20(15,18)19/h1-3,8,16H,4-7,9H2,(H2,14,17)(H2,15,18,19). The summed E-state index contributed by atoms with van der Waals surface area (Å²) in [6.07, 6.45) is 1.75. The Morgan fingerprint density at radius 1 is 1.30 bits per heavy atom. The van der Waals surface area contributed by atoms with Gasteiger partial charge < -0.3 is 11.1 Å². The molecule has 20 heavy (non-hydrogen) atoms. The van der Waals surface area contributed by atoms with Gasteiger partial charge in [0.2, 0.25) is 15.9 Å². The average molecular weight is 297 g/mol. The van der Waals surface area contributed by atoms with E-state index in [9.17, 15) is 13.2 Å². The second-order valence-corrected chi connectivity index (χ2v) is 6.83. The Morgan fingerprint density at radius 3 is 2.50 bits per heavy atom. The molecule has 1 amide bonds. The van der Waals surface area contributed by atoms with Crippen molar-refractivity contribution in [3.63, 3.8) is 0 Å². The lowest BCUT2D eigenvalue weighted by atomic mass is 9.73. The molecule has 7 heteroatoms. The summed E-state index contributed by atoms with van der Waals surface area (Å²) < 4.78 is 22.7. The fourth-order valence-electron chi connectivity index (χ4n) is 2.64. The van der Waals surface area contributed by atoms with Gasteiger partial charge in [-0.2, -0.15) is 0 Å². The first-order valence-electron chi connectivity index (χ1n) is 6.46. The van der Waals surface area contributed by atoms with E-state index in [0.717, 1.165) is 18.7 Å². The van der Waals surface area contributed by atoms with Crippen LogP contribution in [0.3, 0.4) is 0 Å². The summed E-state index contributed by atoms with van der Waals surface area (Å²) in [5.74, 6) is -0.333. The molecule has 0 saturated carbocycles. The lowest BCUT2D eigenvalue weighted by molar-refractivity contribution is -0.129. The molecule has 0 spiro atoms. The van der Waals surface area contributed by atoms with Gasteiger partial charge in [0, 0.05) is 0 Å². The fraction of sp³-hybridized carbons (Fsp3) is 0.462. The van der Waals surface area contributed by atoms with Gasteiger partial charge in [-0.15, -0.1) is 0 Å². The molecular formula is C13H19N3O3S. The van der Waals surface area contributed by atoms with Gasteiger partial charge in [0.1, 0.15) is 0 Å². The predicted octanol–water partition coefficient (Wildman–Crippen LogP) is -0.268. The van der Waals surface area contributed by atoms with E-state index in [1.807, 2.05) is 0 Å². The van der Waals surface area contributed by atoms with Crippen LogP contribution in [0, 0.1) is 5.41 Å². The molecule has 1 fully saturated rings. The largest absolute Gasteiger partial charge is 0.369 e. The van der Waals surface area contributed by atoms with Crippen LogP contribution >= 0.6 is 0 Å². The number of benzene rings is 1. The number of piperidine rings is 1. The Hall–Kier alpha value is -1.44. The Labute approximate surface area is 118 Å². The van der Waals surface area contributed by atoms with Crippen molar-refractivity contribution in [2.24, 2.45) is 16.3 Å². The van der Waals surface area contributed by atoms with Crippen LogP contribution < -0.4 is 16.2 Å². The highest BCUT2D eigenvalue weighted by Crippen LogP contribution is 2.33. The molecule has 1 aliphatic heterocycles. The highest BCUT2D eigenvalue weighted by Gasteiger charge is 2.37.